The van der Waals surface area contributed by atoms with Crippen molar-refractivity contribution in [3.63, 3.8) is 0 Å². The first-order valence-electron chi connectivity index (χ1n) is 9.16. The lowest BCUT2D eigenvalue weighted by atomic mass is 10.2. The first kappa shape index (κ1) is 19.2. The van der Waals surface area contributed by atoms with Crippen LogP contribution in [0, 0.1) is 0 Å². The van der Waals surface area contributed by atoms with Crippen LogP contribution in [0.15, 0.2) is 41.1 Å². The van der Waals surface area contributed by atoms with Gasteiger partial charge in [0.15, 0.2) is 0 Å². The Morgan fingerprint density at radius 2 is 2.15 bits per heavy atom. The van der Waals surface area contributed by atoms with E-state index < -0.39 is 0 Å². The molecule has 8 nitrogen and oxygen atoms in total. The third-order valence-electron chi connectivity index (χ3n) is 4.44. The Morgan fingerprint density at radius 3 is 2.81 bits per heavy atom. The number of amides is 2. The van der Waals surface area contributed by atoms with Crippen LogP contribution < -0.4 is 15.4 Å². The van der Waals surface area contributed by atoms with Crippen LogP contribution in [-0.2, 0) is 4.74 Å². The molecule has 1 aliphatic rings. The molecule has 2 N–H and O–H groups in total. The molecule has 0 bridgehead atoms. The van der Waals surface area contributed by atoms with E-state index in [1.54, 1.807) is 31.7 Å². The molecule has 0 saturated carbocycles. The van der Waals surface area contributed by atoms with Gasteiger partial charge in [0, 0.05) is 19.7 Å². The van der Waals surface area contributed by atoms with Crippen LogP contribution >= 0.6 is 0 Å². The molecule has 2 aromatic rings. The SMILES string of the molecule is COCCOc1ccc(NC(=O)NCC(c2ccco2)N2CCCC2)cn1. The number of aromatic nitrogens is 1. The summed E-state index contributed by atoms with van der Waals surface area (Å²) in [6.07, 6.45) is 5.58. The summed E-state index contributed by atoms with van der Waals surface area (Å²) in [5.41, 5.74) is 0.599. The molecular formula is C19H26N4O4. The van der Waals surface area contributed by atoms with Gasteiger partial charge in [0.1, 0.15) is 12.4 Å². The van der Waals surface area contributed by atoms with Crippen molar-refractivity contribution in [1.29, 1.82) is 0 Å². The predicted octanol–water partition coefficient (Wildman–Crippen LogP) is 2.66. The van der Waals surface area contributed by atoms with Crippen molar-refractivity contribution >= 4 is 11.7 Å². The number of nitrogens with zero attached hydrogens (tertiary/aromatic N) is 2. The van der Waals surface area contributed by atoms with Crippen LogP contribution in [0.25, 0.3) is 0 Å². The van der Waals surface area contributed by atoms with Gasteiger partial charge in [-0.2, -0.15) is 0 Å². The highest BCUT2D eigenvalue weighted by molar-refractivity contribution is 5.89. The Bertz CT molecular complexity index is 684. The largest absolute Gasteiger partial charge is 0.475 e. The van der Waals surface area contributed by atoms with E-state index in [-0.39, 0.29) is 12.1 Å². The summed E-state index contributed by atoms with van der Waals surface area (Å²) in [4.78, 5) is 18.7. The molecule has 3 heterocycles. The average molecular weight is 374 g/mol. The highest BCUT2D eigenvalue weighted by Gasteiger charge is 2.25. The normalized spacial score (nSPS) is 15.4. The maximum atomic E-state index is 12.3. The third kappa shape index (κ3) is 5.70. The number of anilines is 1. The van der Waals surface area contributed by atoms with Gasteiger partial charge >= 0.3 is 6.03 Å². The van der Waals surface area contributed by atoms with Crippen molar-refractivity contribution in [3.8, 4) is 5.88 Å². The summed E-state index contributed by atoms with van der Waals surface area (Å²) >= 11 is 0. The predicted molar refractivity (Wildman–Crippen MR) is 101 cm³/mol. The second kappa shape index (κ2) is 9.94. The molecule has 0 aromatic carbocycles. The van der Waals surface area contributed by atoms with E-state index in [2.05, 4.69) is 20.5 Å². The van der Waals surface area contributed by atoms with Crippen LogP contribution in [-0.4, -0.2) is 55.9 Å². The fraction of sp³-hybridized carbons (Fsp3) is 0.474. The lowest BCUT2D eigenvalue weighted by Gasteiger charge is -2.26. The number of furan rings is 1. The number of hydrogen-bond acceptors (Lipinski definition) is 6. The van der Waals surface area contributed by atoms with Gasteiger partial charge in [0.2, 0.25) is 5.88 Å². The van der Waals surface area contributed by atoms with Crippen molar-refractivity contribution in [2.24, 2.45) is 0 Å². The number of likely N-dealkylation sites (tertiary alicyclic amines) is 1. The summed E-state index contributed by atoms with van der Waals surface area (Å²) in [5.74, 6) is 1.36. The molecule has 1 atom stereocenters. The minimum atomic E-state index is -0.277. The zero-order chi connectivity index (χ0) is 18.9. The zero-order valence-electron chi connectivity index (χ0n) is 15.5. The van der Waals surface area contributed by atoms with E-state index in [1.807, 2.05) is 12.1 Å². The fourth-order valence-corrected chi connectivity index (χ4v) is 3.08. The Balaban J connectivity index is 1.49. The second-order valence-corrected chi connectivity index (χ2v) is 6.34. The van der Waals surface area contributed by atoms with Gasteiger partial charge in [0.25, 0.3) is 0 Å². The highest BCUT2D eigenvalue weighted by Crippen LogP contribution is 2.24. The molecule has 1 unspecified atom stereocenters. The highest BCUT2D eigenvalue weighted by atomic mass is 16.5. The van der Waals surface area contributed by atoms with Gasteiger partial charge in [-0.3, -0.25) is 4.90 Å². The molecule has 146 valence electrons. The number of ether oxygens (including phenoxy) is 2. The summed E-state index contributed by atoms with van der Waals surface area (Å²) in [5, 5.41) is 5.71. The van der Waals surface area contributed by atoms with Gasteiger partial charge in [0.05, 0.1) is 30.8 Å². The van der Waals surface area contributed by atoms with Crippen LogP contribution in [0.2, 0.25) is 0 Å². The Morgan fingerprint density at radius 1 is 1.30 bits per heavy atom. The fourth-order valence-electron chi connectivity index (χ4n) is 3.08. The standard InChI is InChI=1S/C19H26N4O4/c1-25-11-12-27-18-7-6-15(13-20-18)22-19(24)21-14-16(17-5-4-10-26-17)23-8-2-3-9-23/h4-7,10,13,16H,2-3,8-9,11-12,14H2,1H3,(H2,21,22,24). The molecule has 1 fully saturated rings. The van der Waals surface area contributed by atoms with E-state index in [4.69, 9.17) is 13.9 Å². The van der Waals surface area contributed by atoms with E-state index >= 15 is 0 Å². The summed E-state index contributed by atoms with van der Waals surface area (Å²) in [7, 11) is 1.61. The van der Waals surface area contributed by atoms with Crippen LogP contribution in [0.4, 0.5) is 10.5 Å². The number of carbonyl (C=O) groups is 1. The molecule has 2 aromatic heterocycles. The third-order valence-corrected chi connectivity index (χ3v) is 4.44. The van der Waals surface area contributed by atoms with Crippen molar-refractivity contribution in [2.75, 3.05) is 45.3 Å². The van der Waals surface area contributed by atoms with Gasteiger partial charge < -0.3 is 24.5 Å². The van der Waals surface area contributed by atoms with E-state index in [0.29, 0.717) is 31.3 Å². The van der Waals surface area contributed by atoms with E-state index in [1.165, 1.54) is 12.8 Å². The minimum Gasteiger partial charge on any atom is -0.475 e. The topological polar surface area (TPSA) is 88.9 Å². The molecule has 1 aliphatic heterocycles. The Kier molecular flexibility index (Phi) is 7.06. The number of hydrogen-bond donors (Lipinski definition) is 2. The van der Waals surface area contributed by atoms with E-state index in [0.717, 1.165) is 18.8 Å². The molecule has 2 amide bonds. The van der Waals surface area contributed by atoms with E-state index in [9.17, 15) is 4.79 Å². The quantitative estimate of drug-likeness (QED) is 0.656. The first-order chi connectivity index (χ1) is 13.3. The Labute approximate surface area is 158 Å². The second-order valence-electron chi connectivity index (χ2n) is 6.34. The average Bonchev–Trinajstić information content (AvgIpc) is 3.38. The number of urea groups is 1. The number of methoxy groups -OCH3 is 1. The number of carbonyl (C=O) groups excluding carboxylic acids is 1. The number of pyridine rings is 1. The summed E-state index contributed by atoms with van der Waals surface area (Å²) < 4.78 is 15.9. The maximum absolute atomic E-state index is 12.3. The summed E-state index contributed by atoms with van der Waals surface area (Å²) in [6, 6.07) is 7.05. The molecule has 0 aliphatic carbocycles. The monoisotopic (exact) mass is 374 g/mol. The van der Waals surface area contributed by atoms with Crippen molar-refractivity contribution in [1.82, 2.24) is 15.2 Å². The van der Waals surface area contributed by atoms with Gasteiger partial charge in [-0.05, 0) is 44.1 Å². The Hall–Kier alpha value is -2.58. The molecule has 3 rings (SSSR count). The molecule has 8 heteroatoms. The lowest BCUT2D eigenvalue weighted by molar-refractivity contribution is 0.144. The molecular weight excluding hydrogens is 348 g/mol. The maximum Gasteiger partial charge on any atom is 0.319 e. The van der Waals surface area contributed by atoms with Crippen molar-refractivity contribution in [3.05, 3.63) is 42.5 Å². The number of nitrogens with one attached hydrogen (secondary N) is 2. The minimum absolute atomic E-state index is 0.0444. The van der Waals surface area contributed by atoms with Crippen LogP contribution in [0.5, 0.6) is 5.88 Å². The number of rotatable bonds is 9. The smallest absolute Gasteiger partial charge is 0.319 e. The molecule has 1 saturated heterocycles. The van der Waals surface area contributed by atoms with Crippen molar-refractivity contribution < 1.29 is 18.7 Å². The molecule has 0 spiro atoms. The van der Waals surface area contributed by atoms with Gasteiger partial charge in [-0.25, -0.2) is 9.78 Å². The van der Waals surface area contributed by atoms with Crippen LogP contribution in [0.3, 0.4) is 0 Å². The zero-order valence-corrected chi connectivity index (χ0v) is 15.5. The van der Waals surface area contributed by atoms with Crippen LogP contribution in [0.1, 0.15) is 24.6 Å². The van der Waals surface area contributed by atoms with Crippen molar-refractivity contribution in [2.45, 2.75) is 18.9 Å². The molecule has 0 radical (unpaired) electrons. The van der Waals surface area contributed by atoms with Gasteiger partial charge in [-0.15, -0.1) is 0 Å². The van der Waals surface area contributed by atoms with Gasteiger partial charge in [-0.1, -0.05) is 0 Å². The lowest BCUT2D eigenvalue weighted by Crippen LogP contribution is -2.38. The molecule has 27 heavy (non-hydrogen) atoms. The first-order valence-corrected chi connectivity index (χ1v) is 9.16. The summed E-state index contributed by atoms with van der Waals surface area (Å²) in [6.45, 7) is 3.44.